The van der Waals surface area contributed by atoms with E-state index in [-0.39, 0.29) is 0 Å². The van der Waals surface area contributed by atoms with Gasteiger partial charge in [-0.15, -0.1) is 0 Å². The molecule has 1 fully saturated rings. The summed E-state index contributed by atoms with van der Waals surface area (Å²) in [7, 11) is 2.02. The summed E-state index contributed by atoms with van der Waals surface area (Å²) in [5.41, 5.74) is 1.18. The highest BCUT2D eigenvalue weighted by Gasteiger charge is 2.21. The van der Waals surface area contributed by atoms with Crippen molar-refractivity contribution in [2.45, 2.75) is 25.8 Å². The van der Waals surface area contributed by atoms with E-state index in [1.165, 1.54) is 18.5 Å². The summed E-state index contributed by atoms with van der Waals surface area (Å²) in [6.07, 6.45) is 2.52. The Morgan fingerprint density at radius 2 is 1.90 bits per heavy atom. The normalized spacial score (nSPS) is 18.2. The molecule has 0 aromatic heterocycles. The second kappa shape index (κ2) is 7.87. The van der Waals surface area contributed by atoms with Gasteiger partial charge in [-0.3, -0.25) is 4.90 Å². The van der Waals surface area contributed by atoms with Crippen molar-refractivity contribution >= 4 is 17.3 Å². The van der Waals surface area contributed by atoms with Crippen LogP contribution in [0.4, 0.5) is 5.69 Å². The van der Waals surface area contributed by atoms with Crippen molar-refractivity contribution in [3.63, 3.8) is 0 Å². The first kappa shape index (κ1) is 15.6. The average molecular weight is 296 g/mol. The Morgan fingerprint density at radius 3 is 2.55 bits per heavy atom. The Labute approximate surface area is 127 Å². The van der Waals surface area contributed by atoms with Crippen LogP contribution >= 0.6 is 11.6 Å². The predicted octanol–water partition coefficient (Wildman–Crippen LogP) is 2.85. The van der Waals surface area contributed by atoms with Crippen molar-refractivity contribution in [2.75, 3.05) is 44.7 Å². The van der Waals surface area contributed by atoms with Crippen molar-refractivity contribution < 1.29 is 0 Å². The van der Waals surface area contributed by atoms with Crippen LogP contribution in [0, 0.1) is 0 Å². The summed E-state index contributed by atoms with van der Waals surface area (Å²) in [4.78, 5) is 5.00. The first-order valence-electron chi connectivity index (χ1n) is 7.60. The summed E-state index contributed by atoms with van der Waals surface area (Å²) >= 11 is 6.28. The molecule has 1 atom stereocenters. The molecule has 1 aromatic carbocycles. The molecule has 0 aliphatic carbocycles. The second-order valence-electron chi connectivity index (χ2n) is 5.57. The lowest BCUT2D eigenvalue weighted by atomic mass is 10.1. The van der Waals surface area contributed by atoms with Gasteiger partial charge in [-0.2, -0.15) is 0 Å². The maximum atomic E-state index is 6.28. The summed E-state index contributed by atoms with van der Waals surface area (Å²) in [5.74, 6) is 0. The molecule has 4 heteroatoms. The number of benzene rings is 1. The molecule has 0 radical (unpaired) electrons. The molecule has 20 heavy (non-hydrogen) atoms. The molecule has 1 N–H and O–H groups in total. The second-order valence-corrected chi connectivity index (χ2v) is 5.98. The fourth-order valence-electron chi connectivity index (χ4n) is 2.87. The molecule has 1 heterocycles. The zero-order valence-corrected chi connectivity index (χ0v) is 13.4. The number of anilines is 1. The number of para-hydroxylation sites is 1. The van der Waals surface area contributed by atoms with Crippen molar-refractivity contribution in [2.24, 2.45) is 0 Å². The van der Waals surface area contributed by atoms with E-state index < -0.39 is 0 Å². The zero-order valence-electron chi connectivity index (χ0n) is 12.6. The topological polar surface area (TPSA) is 18.5 Å². The lowest BCUT2D eigenvalue weighted by molar-refractivity contribution is 0.186. The van der Waals surface area contributed by atoms with E-state index >= 15 is 0 Å². The van der Waals surface area contributed by atoms with Crippen LogP contribution in [-0.2, 0) is 0 Å². The van der Waals surface area contributed by atoms with Gasteiger partial charge in [0.1, 0.15) is 0 Å². The Bertz CT molecular complexity index is 402. The third-order valence-corrected chi connectivity index (χ3v) is 4.50. The summed E-state index contributed by atoms with van der Waals surface area (Å²) in [6, 6.07) is 8.83. The van der Waals surface area contributed by atoms with Crippen molar-refractivity contribution in [1.82, 2.24) is 10.2 Å². The van der Waals surface area contributed by atoms with Gasteiger partial charge in [-0.1, -0.05) is 23.7 Å². The Morgan fingerprint density at radius 1 is 1.20 bits per heavy atom. The van der Waals surface area contributed by atoms with Crippen LogP contribution in [0.25, 0.3) is 0 Å². The summed E-state index contributed by atoms with van der Waals surface area (Å²) < 4.78 is 0. The molecule has 2 rings (SSSR count). The first-order valence-corrected chi connectivity index (χ1v) is 7.98. The molecule has 1 unspecified atom stereocenters. The molecule has 1 saturated heterocycles. The van der Waals surface area contributed by atoms with Crippen LogP contribution in [0.15, 0.2) is 24.3 Å². The highest BCUT2D eigenvalue weighted by Crippen LogP contribution is 2.26. The minimum Gasteiger partial charge on any atom is -0.368 e. The summed E-state index contributed by atoms with van der Waals surface area (Å²) in [5, 5.41) is 4.08. The van der Waals surface area contributed by atoms with Crippen molar-refractivity contribution in [3.05, 3.63) is 29.3 Å². The zero-order chi connectivity index (χ0) is 14.4. The van der Waals surface area contributed by atoms with E-state index in [1.54, 1.807) is 0 Å². The average Bonchev–Trinajstić information content (AvgIpc) is 2.48. The van der Waals surface area contributed by atoms with Gasteiger partial charge in [0.15, 0.2) is 0 Å². The molecule has 3 nitrogen and oxygen atoms in total. The molecular weight excluding hydrogens is 270 g/mol. The van der Waals surface area contributed by atoms with E-state index in [1.807, 2.05) is 19.2 Å². The number of nitrogens with one attached hydrogen (secondary N) is 1. The van der Waals surface area contributed by atoms with Gasteiger partial charge >= 0.3 is 0 Å². The van der Waals surface area contributed by atoms with Crippen LogP contribution in [0.3, 0.4) is 0 Å². The third kappa shape index (κ3) is 4.11. The van der Waals surface area contributed by atoms with Gasteiger partial charge in [-0.05, 0) is 45.5 Å². The van der Waals surface area contributed by atoms with E-state index in [2.05, 4.69) is 34.2 Å². The Balaban J connectivity index is 1.82. The Kier molecular flexibility index (Phi) is 6.14. The number of halogens is 1. The largest absolute Gasteiger partial charge is 0.368 e. The predicted molar refractivity (Wildman–Crippen MR) is 87.9 cm³/mol. The van der Waals surface area contributed by atoms with Crippen LogP contribution in [0.1, 0.15) is 19.8 Å². The lowest BCUT2D eigenvalue weighted by Crippen LogP contribution is -2.49. The fraction of sp³-hybridized carbons (Fsp3) is 0.625. The van der Waals surface area contributed by atoms with Crippen molar-refractivity contribution in [1.29, 1.82) is 0 Å². The first-order chi connectivity index (χ1) is 9.72. The molecule has 0 spiro atoms. The molecule has 0 bridgehead atoms. The van der Waals surface area contributed by atoms with Gasteiger partial charge < -0.3 is 10.2 Å². The highest BCUT2D eigenvalue weighted by molar-refractivity contribution is 6.33. The number of piperazine rings is 1. The minimum atomic E-state index is 0.678. The summed E-state index contributed by atoms with van der Waals surface area (Å²) in [6.45, 7) is 7.86. The van der Waals surface area contributed by atoms with Gasteiger partial charge in [0.05, 0.1) is 10.7 Å². The SMILES string of the molecule is CNCCCC(C)N1CCN(c2ccccc2Cl)CC1. The number of hydrogen-bond acceptors (Lipinski definition) is 3. The maximum absolute atomic E-state index is 6.28. The molecule has 1 aliphatic heterocycles. The number of rotatable bonds is 6. The minimum absolute atomic E-state index is 0.678. The van der Waals surface area contributed by atoms with Gasteiger partial charge in [0.25, 0.3) is 0 Å². The molecule has 0 amide bonds. The van der Waals surface area contributed by atoms with Crippen LogP contribution in [0.5, 0.6) is 0 Å². The van der Waals surface area contributed by atoms with Crippen LogP contribution in [-0.4, -0.2) is 50.7 Å². The molecule has 1 aliphatic rings. The van der Waals surface area contributed by atoms with Crippen LogP contribution in [0.2, 0.25) is 5.02 Å². The van der Waals surface area contributed by atoms with E-state index in [0.717, 1.165) is 37.7 Å². The van der Waals surface area contributed by atoms with Gasteiger partial charge in [0.2, 0.25) is 0 Å². The highest BCUT2D eigenvalue weighted by atomic mass is 35.5. The Hall–Kier alpha value is -0.770. The number of hydrogen-bond donors (Lipinski definition) is 1. The molecule has 112 valence electrons. The quantitative estimate of drug-likeness (QED) is 0.814. The lowest BCUT2D eigenvalue weighted by Gasteiger charge is -2.39. The monoisotopic (exact) mass is 295 g/mol. The number of nitrogens with zero attached hydrogens (tertiary/aromatic N) is 2. The van der Waals surface area contributed by atoms with E-state index in [4.69, 9.17) is 11.6 Å². The maximum Gasteiger partial charge on any atom is 0.0639 e. The molecule has 0 saturated carbocycles. The van der Waals surface area contributed by atoms with Crippen molar-refractivity contribution in [3.8, 4) is 0 Å². The third-order valence-electron chi connectivity index (χ3n) is 4.18. The van der Waals surface area contributed by atoms with Gasteiger partial charge in [0, 0.05) is 32.2 Å². The molecule has 1 aromatic rings. The molecular formula is C16H26ClN3. The van der Waals surface area contributed by atoms with Crippen LogP contribution < -0.4 is 10.2 Å². The standard InChI is InChI=1S/C16H26ClN3/c1-14(6-5-9-18-2)19-10-12-20(13-11-19)16-8-4-3-7-15(16)17/h3-4,7-8,14,18H,5-6,9-13H2,1-2H3. The smallest absolute Gasteiger partial charge is 0.0639 e. The van der Waals surface area contributed by atoms with Gasteiger partial charge in [-0.25, -0.2) is 0 Å². The fourth-order valence-corrected chi connectivity index (χ4v) is 3.12. The van der Waals surface area contributed by atoms with E-state index in [0.29, 0.717) is 6.04 Å². The van der Waals surface area contributed by atoms with E-state index in [9.17, 15) is 0 Å².